The van der Waals surface area contributed by atoms with Gasteiger partial charge in [0.05, 0.1) is 6.04 Å². The van der Waals surface area contributed by atoms with Gasteiger partial charge in [-0.2, -0.15) is 0 Å². The van der Waals surface area contributed by atoms with Gasteiger partial charge in [-0.15, -0.1) is 10.2 Å². The topological polar surface area (TPSA) is 71.8 Å². The van der Waals surface area contributed by atoms with Gasteiger partial charge in [-0.3, -0.25) is 0 Å². The average molecular weight is 325 g/mol. The molecule has 1 aliphatic carbocycles. The number of carbonyl (C=O) groups is 1. The highest BCUT2D eigenvalue weighted by Crippen LogP contribution is 2.35. The number of carbonyl (C=O) groups excluding carboxylic acids is 1. The number of rotatable bonds is 4. The molecule has 2 aliphatic rings. The fourth-order valence-corrected chi connectivity index (χ4v) is 3.89. The summed E-state index contributed by atoms with van der Waals surface area (Å²) in [6, 6.07) is 8.35. The van der Waals surface area contributed by atoms with Crippen molar-refractivity contribution in [2.45, 2.75) is 45.2 Å². The minimum atomic E-state index is -0.107. The van der Waals surface area contributed by atoms with Crippen molar-refractivity contribution in [3.63, 3.8) is 0 Å². The lowest BCUT2D eigenvalue weighted by Crippen LogP contribution is -2.40. The quantitative estimate of drug-likeness (QED) is 0.903. The second kappa shape index (κ2) is 6.26. The normalized spacial score (nSPS) is 21.4. The molecule has 0 spiro atoms. The van der Waals surface area contributed by atoms with Crippen LogP contribution in [0.2, 0.25) is 0 Å². The zero-order chi connectivity index (χ0) is 16.5. The number of nitrogens with zero attached hydrogens (tertiary/aromatic N) is 3. The van der Waals surface area contributed by atoms with E-state index in [4.69, 9.17) is 0 Å². The lowest BCUT2D eigenvalue weighted by molar-refractivity contribution is 0.233. The summed E-state index contributed by atoms with van der Waals surface area (Å²) in [4.78, 5) is 12.3. The molecular weight excluding hydrogens is 302 g/mol. The van der Waals surface area contributed by atoms with Crippen molar-refractivity contribution in [3.05, 3.63) is 47.0 Å². The van der Waals surface area contributed by atoms with Gasteiger partial charge in [-0.25, -0.2) is 4.79 Å². The molecule has 4 rings (SSSR count). The van der Waals surface area contributed by atoms with E-state index in [0.717, 1.165) is 43.9 Å². The predicted molar refractivity (Wildman–Crippen MR) is 90.6 cm³/mol. The average Bonchev–Trinajstić information content (AvgIpc) is 3.24. The molecular formula is C18H23N5O. The maximum atomic E-state index is 12.3. The molecule has 1 aromatic heterocycles. The lowest BCUT2D eigenvalue weighted by atomic mass is 10.0. The third kappa shape index (κ3) is 2.77. The van der Waals surface area contributed by atoms with Gasteiger partial charge in [0.25, 0.3) is 0 Å². The highest BCUT2D eigenvalue weighted by molar-refractivity contribution is 5.74. The number of amides is 2. The molecule has 126 valence electrons. The van der Waals surface area contributed by atoms with E-state index in [2.05, 4.69) is 50.5 Å². The van der Waals surface area contributed by atoms with E-state index in [1.54, 1.807) is 0 Å². The number of fused-ring (bicyclic) bond motifs is 2. The van der Waals surface area contributed by atoms with Crippen LogP contribution < -0.4 is 10.6 Å². The first-order valence-electron chi connectivity index (χ1n) is 8.75. The highest BCUT2D eigenvalue weighted by atomic mass is 16.2. The van der Waals surface area contributed by atoms with Gasteiger partial charge >= 0.3 is 6.03 Å². The molecule has 2 aromatic rings. The first-order valence-corrected chi connectivity index (χ1v) is 8.75. The molecule has 0 saturated heterocycles. The summed E-state index contributed by atoms with van der Waals surface area (Å²) in [5.74, 6) is 2.47. The standard InChI is InChI=1S/C18H23N5O/c1-12-11-13-5-2-3-6-14(13)17(12)20-18(24)19-9-8-16-22-21-15-7-4-10-23(15)16/h2-3,5-6,12,17H,4,7-11H2,1H3,(H2,19,20,24)/t12-,17-/m0/s1. The van der Waals surface area contributed by atoms with Crippen LogP contribution in [0.25, 0.3) is 0 Å². The van der Waals surface area contributed by atoms with Gasteiger partial charge in [0, 0.05) is 25.9 Å². The van der Waals surface area contributed by atoms with E-state index >= 15 is 0 Å². The number of hydrogen-bond acceptors (Lipinski definition) is 3. The number of urea groups is 1. The Balaban J connectivity index is 1.31. The van der Waals surface area contributed by atoms with E-state index in [1.165, 1.54) is 11.1 Å². The maximum Gasteiger partial charge on any atom is 0.315 e. The van der Waals surface area contributed by atoms with E-state index in [0.29, 0.717) is 12.5 Å². The minimum absolute atomic E-state index is 0.0959. The number of benzene rings is 1. The van der Waals surface area contributed by atoms with Gasteiger partial charge in [-0.05, 0) is 29.9 Å². The predicted octanol–water partition coefficient (Wildman–Crippen LogP) is 2.00. The van der Waals surface area contributed by atoms with Gasteiger partial charge in [0.1, 0.15) is 11.6 Å². The van der Waals surface area contributed by atoms with Crippen molar-refractivity contribution in [1.29, 1.82) is 0 Å². The Morgan fingerprint density at radius 2 is 2.21 bits per heavy atom. The molecule has 1 aliphatic heterocycles. The SMILES string of the molecule is C[C@H]1Cc2ccccc2[C@H]1NC(=O)NCCc1nnc2n1CCC2. The molecule has 2 amide bonds. The third-order valence-electron chi connectivity index (χ3n) is 5.11. The lowest BCUT2D eigenvalue weighted by Gasteiger charge is -2.19. The van der Waals surface area contributed by atoms with Crippen LogP contribution in [0.5, 0.6) is 0 Å². The fourth-order valence-electron chi connectivity index (χ4n) is 3.89. The van der Waals surface area contributed by atoms with Crippen LogP contribution in [0, 0.1) is 5.92 Å². The van der Waals surface area contributed by atoms with E-state index in [9.17, 15) is 4.79 Å². The maximum absolute atomic E-state index is 12.3. The van der Waals surface area contributed by atoms with Gasteiger partial charge in [-0.1, -0.05) is 31.2 Å². The second-order valence-electron chi connectivity index (χ2n) is 6.80. The van der Waals surface area contributed by atoms with Gasteiger partial charge < -0.3 is 15.2 Å². The van der Waals surface area contributed by atoms with Gasteiger partial charge in [0.15, 0.2) is 0 Å². The van der Waals surface area contributed by atoms with Crippen LogP contribution in [0.15, 0.2) is 24.3 Å². The molecule has 2 N–H and O–H groups in total. The fraction of sp³-hybridized carbons (Fsp3) is 0.500. The Bertz CT molecular complexity index is 754. The Kier molecular flexibility index (Phi) is 3.96. The smallest absolute Gasteiger partial charge is 0.315 e. The summed E-state index contributed by atoms with van der Waals surface area (Å²) in [5.41, 5.74) is 2.59. The van der Waals surface area contributed by atoms with E-state index in [1.807, 2.05) is 6.07 Å². The van der Waals surface area contributed by atoms with E-state index < -0.39 is 0 Å². The highest BCUT2D eigenvalue weighted by Gasteiger charge is 2.30. The van der Waals surface area contributed by atoms with Crippen molar-refractivity contribution in [3.8, 4) is 0 Å². The second-order valence-corrected chi connectivity index (χ2v) is 6.80. The van der Waals surface area contributed by atoms with E-state index in [-0.39, 0.29) is 12.1 Å². The molecule has 0 radical (unpaired) electrons. The summed E-state index contributed by atoms with van der Waals surface area (Å²) < 4.78 is 2.18. The number of nitrogens with one attached hydrogen (secondary N) is 2. The molecule has 0 saturated carbocycles. The first-order chi connectivity index (χ1) is 11.7. The van der Waals surface area contributed by atoms with Crippen LogP contribution in [0.3, 0.4) is 0 Å². The van der Waals surface area contributed by atoms with Crippen molar-refractivity contribution >= 4 is 6.03 Å². The van der Waals surface area contributed by atoms with Crippen molar-refractivity contribution in [1.82, 2.24) is 25.4 Å². The van der Waals surface area contributed by atoms with Crippen LogP contribution in [-0.2, 0) is 25.8 Å². The Hall–Kier alpha value is -2.37. The molecule has 6 nitrogen and oxygen atoms in total. The molecule has 24 heavy (non-hydrogen) atoms. The Morgan fingerprint density at radius 3 is 3.12 bits per heavy atom. The van der Waals surface area contributed by atoms with Crippen molar-refractivity contribution in [2.75, 3.05) is 6.54 Å². The summed E-state index contributed by atoms with van der Waals surface area (Å²) in [6.07, 6.45) is 3.90. The molecule has 6 heteroatoms. The monoisotopic (exact) mass is 325 g/mol. The zero-order valence-corrected chi connectivity index (χ0v) is 14.0. The van der Waals surface area contributed by atoms with Crippen LogP contribution in [0.4, 0.5) is 4.79 Å². The number of aryl methyl sites for hydroxylation is 1. The Morgan fingerprint density at radius 1 is 1.33 bits per heavy atom. The van der Waals surface area contributed by atoms with Crippen molar-refractivity contribution < 1.29 is 4.79 Å². The van der Waals surface area contributed by atoms with Crippen LogP contribution in [0.1, 0.15) is 42.2 Å². The molecule has 0 fully saturated rings. The van der Waals surface area contributed by atoms with Crippen LogP contribution in [-0.4, -0.2) is 27.3 Å². The molecule has 0 unspecified atom stereocenters. The first kappa shape index (κ1) is 15.2. The number of hydrogen-bond donors (Lipinski definition) is 2. The van der Waals surface area contributed by atoms with Crippen molar-refractivity contribution in [2.24, 2.45) is 5.92 Å². The molecule has 1 aromatic carbocycles. The molecule has 2 heterocycles. The Labute approximate surface area is 141 Å². The summed E-state index contributed by atoms with van der Waals surface area (Å²) in [7, 11) is 0. The summed E-state index contributed by atoms with van der Waals surface area (Å²) in [6.45, 7) is 3.76. The summed E-state index contributed by atoms with van der Waals surface area (Å²) >= 11 is 0. The minimum Gasteiger partial charge on any atom is -0.338 e. The van der Waals surface area contributed by atoms with Gasteiger partial charge in [0.2, 0.25) is 0 Å². The molecule has 0 bridgehead atoms. The largest absolute Gasteiger partial charge is 0.338 e. The summed E-state index contributed by atoms with van der Waals surface area (Å²) in [5, 5.41) is 14.5. The third-order valence-corrected chi connectivity index (χ3v) is 5.11. The van der Waals surface area contributed by atoms with Crippen LogP contribution >= 0.6 is 0 Å². The molecule has 2 atom stereocenters. The zero-order valence-electron chi connectivity index (χ0n) is 14.0. The number of aromatic nitrogens is 3.